The molecule has 0 aromatic carbocycles. The van der Waals surface area contributed by atoms with Crippen LogP contribution in [0.1, 0.15) is 71.6 Å². The number of Topliss-reactive ketones (excluding diaryl/α,β-unsaturated/α-hetero) is 2. The summed E-state index contributed by atoms with van der Waals surface area (Å²) >= 11 is 0. The van der Waals surface area contributed by atoms with Crippen LogP contribution in [-0.2, 0) is 14.4 Å². The van der Waals surface area contributed by atoms with Crippen molar-refractivity contribution in [1.29, 1.82) is 0 Å². The zero-order valence-corrected chi connectivity index (χ0v) is 18.0. The van der Waals surface area contributed by atoms with E-state index in [0.717, 1.165) is 50.8 Å². The molecule has 3 saturated carbocycles. The van der Waals surface area contributed by atoms with Gasteiger partial charge in [-0.1, -0.05) is 19.9 Å². The third-order valence-electron chi connectivity index (χ3n) is 9.44. The predicted molar refractivity (Wildman–Crippen MR) is 111 cm³/mol. The molecule has 5 rings (SSSR count). The molecule has 4 aliphatic carbocycles. The van der Waals surface area contributed by atoms with Gasteiger partial charge >= 0.3 is 0 Å². The zero-order chi connectivity index (χ0) is 20.2. The summed E-state index contributed by atoms with van der Waals surface area (Å²) in [6.07, 6.45) is 11.0. The van der Waals surface area contributed by atoms with E-state index in [1.54, 1.807) is 0 Å². The minimum Gasteiger partial charge on any atom is -0.312 e. The van der Waals surface area contributed by atoms with E-state index in [1.807, 2.05) is 0 Å². The molecule has 5 nitrogen and oxygen atoms in total. The van der Waals surface area contributed by atoms with Crippen molar-refractivity contribution in [2.45, 2.75) is 77.7 Å². The Morgan fingerprint density at radius 3 is 2.79 bits per heavy atom. The minimum absolute atomic E-state index is 0.00494. The number of fused-ring (bicyclic) bond motifs is 5. The average Bonchev–Trinajstić information content (AvgIpc) is 3.31. The molecular weight excluding hydrogens is 364 g/mol. The van der Waals surface area contributed by atoms with Crippen LogP contribution in [0.25, 0.3) is 0 Å². The maximum atomic E-state index is 13.3. The summed E-state index contributed by atoms with van der Waals surface area (Å²) in [6.45, 7) is 6.29. The van der Waals surface area contributed by atoms with Crippen LogP contribution < -0.4 is 10.8 Å². The van der Waals surface area contributed by atoms with Crippen LogP contribution in [0.3, 0.4) is 0 Å². The van der Waals surface area contributed by atoms with Gasteiger partial charge in [0.15, 0.2) is 0 Å². The van der Waals surface area contributed by atoms with Gasteiger partial charge in [-0.3, -0.25) is 19.9 Å². The van der Waals surface area contributed by atoms with Gasteiger partial charge in [-0.05, 0) is 74.7 Å². The largest absolute Gasteiger partial charge is 0.312 e. The number of carbonyl (C=O) groups excluding carboxylic acids is 2. The van der Waals surface area contributed by atoms with E-state index in [1.165, 1.54) is 12.8 Å². The summed E-state index contributed by atoms with van der Waals surface area (Å²) < 4.78 is 0. The molecule has 0 amide bonds. The number of nitrogens with one attached hydrogen (secondary N) is 2. The lowest BCUT2D eigenvalue weighted by molar-refractivity contribution is -0.149. The van der Waals surface area contributed by atoms with Gasteiger partial charge in [-0.15, -0.1) is 0 Å². The van der Waals surface area contributed by atoms with E-state index in [-0.39, 0.29) is 16.7 Å². The molecule has 0 aromatic heterocycles. The summed E-state index contributed by atoms with van der Waals surface area (Å²) in [5, 5.41) is 3.45. The van der Waals surface area contributed by atoms with Crippen molar-refractivity contribution in [3.63, 3.8) is 0 Å². The van der Waals surface area contributed by atoms with Crippen molar-refractivity contribution in [3.05, 3.63) is 11.8 Å². The van der Waals surface area contributed by atoms with Crippen LogP contribution in [0.4, 0.5) is 0 Å². The lowest BCUT2D eigenvalue weighted by Gasteiger charge is -2.57. The Hall–Kier alpha value is -1.20. The highest BCUT2D eigenvalue weighted by atomic mass is 16.6. The van der Waals surface area contributed by atoms with E-state index in [4.69, 9.17) is 4.84 Å². The van der Waals surface area contributed by atoms with Crippen molar-refractivity contribution >= 4 is 11.6 Å². The highest BCUT2D eigenvalue weighted by molar-refractivity contribution is 5.88. The van der Waals surface area contributed by atoms with Gasteiger partial charge in [0.1, 0.15) is 11.6 Å². The van der Waals surface area contributed by atoms with Gasteiger partial charge in [-0.25, -0.2) is 0 Å². The number of rotatable bonds is 4. The fraction of sp³-hybridized carbons (Fsp3) is 0.833. The van der Waals surface area contributed by atoms with Crippen LogP contribution in [0, 0.1) is 34.5 Å². The Labute approximate surface area is 174 Å². The van der Waals surface area contributed by atoms with E-state index >= 15 is 0 Å². The fourth-order valence-corrected chi connectivity index (χ4v) is 7.65. The van der Waals surface area contributed by atoms with E-state index in [0.29, 0.717) is 48.4 Å². The summed E-state index contributed by atoms with van der Waals surface area (Å²) in [5.74, 6) is 2.21. The SMILES string of the molecule is C[C@]12CCC(NOCC3CCCN3)=CC1C(=O)C[C@@H]1[C@H]2CC[C@]2(C)C(=O)CC[C@@H]12. The first-order chi connectivity index (χ1) is 13.9. The van der Waals surface area contributed by atoms with E-state index in [9.17, 15) is 9.59 Å². The molecule has 0 spiro atoms. The standard InChI is InChI=1S/C24H36N2O3/c1-23-9-7-15(26-29-14-16-4-3-11-25-16)12-20(23)21(27)13-17-18-5-6-22(28)24(18,2)10-8-19(17)23/h12,16-20,25-26H,3-11,13-14H2,1-2H3/t16?,17-,18-,19+,20?,23+,24-/m0/s1. The predicted octanol–water partition coefficient (Wildman–Crippen LogP) is 3.54. The van der Waals surface area contributed by atoms with E-state index in [2.05, 4.69) is 30.7 Å². The maximum Gasteiger partial charge on any atom is 0.140 e. The smallest absolute Gasteiger partial charge is 0.140 e. The lowest BCUT2D eigenvalue weighted by Crippen LogP contribution is -2.55. The first-order valence-electron chi connectivity index (χ1n) is 11.8. The van der Waals surface area contributed by atoms with Crippen molar-refractivity contribution < 1.29 is 14.4 Å². The van der Waals surface area contributed by atoms with Crippen LogP contribution in [0.5, 0.6) is 0 Å². The number of allylic oxidation sites excluding steroid dienone is 2. The molecule has 5 heteroatoms. The number of hydrogen-bond acceptors (Lipinski definition) is 5. The second-order valence-electron chi connectivity index (χ2n) is 10.8. The van der Waals surface area contributed by atoms with Gasteiger partial charge < -0.3 is 5.32 Å². The Kier molecular flexibility index (Phi) is 4.90. The van der Waals surface area contributed by atoms with Crippen molar-refractivity contribution in [3.8, 4) is 0 Å². The second-order valence-corrected chi connectivity index (χ2v) is 10.8. The molecule has 29 heavy (non-hydrogen) atoms. The quantitative estimate of drug-likeness (QED) is 0.707. The highest BCUT2D eigenvalue weighted by Gasteiger charge is 2.61. The van der Waals surface area contributed by atoms with Crippen molar-refractivity contribution in [1.82, 2.24) is 10.8 Å². The molecule has 160 valence electrons. The van der Waals surface area contributed by atoms with Gasteiger partial charge in [0.05, 0.1) is 6.61 Å². The Morgan fingerprint density at radius 2 is 2.00 bits per heavy atom. The molecule has 4 fully saturated rings. The molecule has 1 saturated heterocycles. The Morgan fingerprint density at radius 1 is 1.14 bits per heavy atom. The summed E-state index contributed by atoms with van der Waals surface area (Å²) in [4.78, 5) is 31.6. The zero-order valence-electron chi connectivity index (χ0n) is 18.0. The molecule has 0 radical (unpaired) electrons. The van der Waals surface area contributed by atoms with Crippen LogP contribution in [-0.4, -0.2) is 30.8 Å². The van der Waals surface area contributed by atoms with Crippen LogP contribution >= 0.6 is 0 Å². The second kappa shape index (κ2) is 7.19. The average molecular weight is 401 g/mol. The molecule has 0 aromatic rings. The molecule has 1 aliphatic heterocycles. The topological polar surface area (TPSA) is 67.4 Å². The van der Waals surface area contributed by atoms with Crippen LogP contribution in [0.15, 0.2) is 11.8 Å². The Balaban J connectivity index is 1.30. The first-order valence-corrected chi connectivity index (χ1v) is 11.8. The molecule has 2 N–H and O–H groups in total. The number of hydroxylamine groups is 1. The van der Waals surface area contributed by atoms with Gasteiger partial charge in [-0.2, -0.15) is 0 Å². The summed E-state index contributed by atoms with van der Waals surface area (Å²) in [6, 6.07) is 0.444. The molecular formula is C24H36N2O3. The lowest BCUT2D eigenvalue weighted by atomic mass is 9.46. The van der Waals surface area contributed by atoms with Crippen molar-refractivity contribution in [2.24, 2.45) is 34.5 Å². The molecule has 1 heterocycles. The van der Waals surface area contributed by atoms with Crippen molar-refractivity contribution in [2.75, 3.05) is 13.2 Å². The minimum atomic E-state index is -0.163. The van der Waals surface area contributed by atoms with Crippen LogP contribution in [0.2, 0.25) is 0 Å². The van der Waals surface area contributed by atoms with Gasteiger partial charge in [0.2, 0.25) is 0 Å². The number of hydrogen-bond donors (Lipinski definition) is 2. The van der Waals surface area contributed by atoms with Gasteiger partial charge in [0.25, 0.3) is 0 Å². The molecule has 5 aliphatic rings. The maximum absolute atomic E-state index is 13.3. The third kappa shape index (κ3) is 3.11. The molecule has 7 atom stereocenters. The first kappa shape index (κ1) is 19.7. The molecule has 0 bridgehead atoms. The normalized spacial score (nSPS) is 46.7. The summed E-state index contributed by atoms with van der Waals surface area (Å²) in [7, 11) is 0. The van der Waals surface area contributed by atoms with Gasteiger partial charge in [0, 0.05) is 35.9 Å². The third-order valence-corrected chi connectivity index (χ3v) is 9.44. The summed E-state index contributed by atoms with van der Waals surface area (Å²) in [5.41, 5.74) is 4.11. The number of carbonyl (C=O) groups is 2. The number of ketones is 2. The highest BCUT2D eigenvalue weighted by Crippen LogP contribution is 2.64. The van der Waals surface area contributed by atoms with E-state index < -0.39 is 0 Å². The monoisotopic (exact) mass is 400 g/mol. The molecule has 2 unspecified atom stereocenters. The fourth-order valence-electron chi connectivity index (χ4n) is 7.65. The Bertz CT molecular complexity index is 728.